The summed E-state index contributed by atoms with van der Waals surface area (Å²) in [6, 6.07) is 4.07. The maximum atomic E-state index is 12.3. The van der Waals surface area contributed by atoms with Crippen LogP contribution in [0.15, 0.2) is 21.5 Å². The monoisotopic (exact) mass is 540 g/mol. The van der Waals surface area contributed by atoms with Gasteiger partial charge >= 0.3 is 0 Å². The number of guanidine groups is 1. The number of furan rings is 1. The lowest BCUT2D eigenvalue weighted by Crippen LogP contribution is -2.58. The SMILES string of the molecule is CN=C(NCC(c1ccc(C)o1)N1CCOCC1)N1CCS(=O)(=O)C(C)(C)C1.I. The zero-order valence-corrected chi connectivity index (χ0v) is 20.8. The van der Waals surface area contributed by atoms with Crippen LogP contribution in [0.5, 0.6) is 0 Å². The molecule has 2 aliphatic rings. The lowest BCUT2D eigenvalue weighted by atomic mass is 10.1. The quantitative estimate of drug-likeness (QED) is 0.353. The third-order valence-corrected chi connectivity index (χ3v) is 8.12. The van der Waals surface area contributed by atoms with Gasteiger partial charge in [-0.2, -0.15) is 0 Å². The first kappa shape index (κ1) is 24.4. The Hall–Kier alpha value is -0.850. The van der Waals surface area contributed by atoms with Gasteiger partial charge in [-0.3, -0.25) is 9.89 Å². The summed E-state index contributed by atoms with van der Waals surface area (Å²) in [6.45, 7) is 10.1. The van der Waals surface area contributed by atoms with E-state index in [-0.39, 0.29) is 35.8 Å². The Balaban J connectivity index is 0.00000300. The molecule has 10 heteroatoms. The molecule has 3 rings (SSSR count). The number of aliphatic imine (C=N–C) groups is 1. The minimum atomic E-state index is -3.09. The average Bonchev–Trinajstić information content (AvgIpc) is 3.08. The van der Waals surface area contributed by atoms with E-state index in [2.05, 4.69) is 15.2 Å². The van der Waals surface area contributed by atoms with Gasteiger partial charge in [0.2, 0.25) is 0 Å². The molecule has 1 N–H and O–H groups in total. The summed E-state index contributed by atoms with van der Waals surface area (Å²) >= 11 is 0. The molecule has 0 aromatic carbocycles. The molecule has 0 aliphatic carbocycles. The lowest BCUT2D eigenvalue weighted by Gasteiger charge is -2.40. The van der Waals surface area contributed by atoms with E-state index in [0.717, 1.165) is 30.6 Å². The van der Waals surface area contributed by atoms with Gasteiger partial charge in [0, 0.05) is 39.8 Å². The minimum absolute atomic E-state index is 0. The second kappa shape index (κ2) is 9.97. The van der Waals surface area contributed by atoms with E-state index in [4.69, 9.17) is 9.15 Å². The number of aryl methyl sites for hydroxylation is 1. The van der Waals surface area contributed by atoms with Crippen LogP contribution in [0.2, 0.25) is 0 Å². The molecule has 1 aromatic rings. The molecular weight excluding hydrogens is 507 g/mol. The number of morpholine rings is 1. The van der Waals surface area contributed by atoms with Crippen LogP contribution in [0.25, 0.3) is 0 Å². The van der Waals surface area contributed by atoms with Crippen molar-refractivity contribution in [2.75, 3.05) is 58.7 Å². The second-order valence-corrected chi connectivity index (χ2v) is 10.8. The molecular formula is C19H33IN4O4S. The zero-order valence-electron chi connectivity index (χ0n) is 17.7. The van der Waals surface area contributed by atoms with Crippen molar-refractivity contribution < 1.29 is 17.6 Å². The van der Waals surface area contributed by atoms with Gasteiger partial charge in [-0.15, -0.1) is 24.0 Å². The molecule has 166 valence electrons. The first-order chi connectivity index (χ1) is 13.2. The number of ether oxygens (including phenoxy) is 1. The minimum Gasteiger partial charge on any atom is -0.465 e. The predicted molar refractivity (Wildman–Crippen MR) is 125 cm³/mol. The van der Waals surface area contributed by atoms with E-state index >= 15 is 0 Å². The highest BCUT2D eigenvalue weighted by Gasteiger charge is 2.41. The Bertz CT molecular complexity index is 803. The highest BCUT2D eigenvalue weighted by atomic mass is 127. The fourth-order valence-corrected chi connectivity index (χ4v) is 5.14. The molecule has 0 radical (unpaired) electrons. The Kier molecular flexibility index (Phi) is 8.40. The molecule has 2 fully saturated rings. The van der Waals surface area contributed by atoms with Crippen molar-refractivity contribution in [1.29, 1.82) is 0 Å². The highest BCUT2D eigenvalue weighted by molar-refractivity contribution is 14.0. The van der Waals surface area contributed by atoms with Gasteiger partial charge < -0.3 is 19.4 Å². The fraction of sp³-hybridized carbons (Fsp3) is 0.737. The summed E-state index contributed by atoms with van der Waals surface area (Å²) in [7, 11) is -1.35. The van der Waals surface area contributed by atoms with Crippen molar-refractivity contribution in [3.8, 4) is 0 Å². The molecule has 8 nitrogen and oxygen atoms in total. The highest BCUT2D eigenvalue weighted by Crippen LogP contribution is 2.25. The lowest BCUT2D eigenvalue weighted by molar-refractivity contribution is 0.0123. The van der Waals surface area contributed by atoms with Crippen LogP contribution in [0.4, 0.5) is 0 Å². The van der Waals surface area contributed by atoms with Crippen molar-refractivity contribution in [2.45, 2.75) is 31.6 Å². The standard InChI is InChI=1S/C19H32N4O4S.HI/c1-15-5-6-17(27-15)16(22-7-10-26-11-8-22)13-21-18(20-4)23-9-12-28(24,25)19(2,3)14-23;/h5-6,16H,7-14H2,1-4H3,(H,20,21);1H. The Labute approximate surface area is 191 Å². The third kappa shape index (κ3) is 5.65. The Morgan fingerprint density at radius 1 is 1.28 bits per heavy atom. The topological polar surface area (TPSA) is 87.4 Å². The molecule has 0 spiro atoms. The van der Waals surface area contributed by atoms with Gasteiger partial charge in [0.25, 0.3) is 0 Å². The summed E-state index contributed by atoms with van der Waals surface area (Å²) in [5.41, 5.74) is 0. The van der Waals surface area contributed by atoms with Gasteiger partial charge in [-0.05, 0) is 32.9 Å². The van der Waals surface area contributed by atoms with Gasteiger partial charge in [0.15, 0.2) is 15.8 Å². The molecule has 2 aliphatic heterocycles. The molecule has 1 aromatic heterocycles. The van der Waals surface area contributed by atoms with E-state index in [9.17, 15) is 8.42 Å². The van der Waals surface area contributed by atoms with E-state index in [1.165, 1.54) is 0 Å². The Morgan fingerprint density at radius 3 is 2.52 bits per heavy atom. The average molecular weight is 540 g/mol. The maximum absolute atomic E-state index is 12.3. The van der Waals surface area contributed by atoms with Crippen molar-refractivity contribution in [3.05, 3.63) is 23.7 Å². The summed E-state index contributed by atoms with van der Waals surface area (Å²) < 4.78 is 35.2. The normalized spacial score (nSPS) is 23.3. The first-order valence-electron chi connectivity index (χ1n) is 9.79. The third-order valence-electron chi connectivity index (χ3n) is 5.58. The van der Waals surface area contributed by atoms with Crippen molar-refractivity contribution in [3.63, 3.8) is 0 Å². The fourth-order valence-electron chi connectivity index (χ4n) is 3.78. The number of nitrogens with zero attached hydrogens (tertiary/aromatic N) is 3. The Morgan fingerprint density at radius 2 is 1.97 bits per heavy atom. The van der Waals surface area contributed by atoms with Crippen molar-refractivity contribution in [2.24, 2.45) is 4.99 Å². The second-order valence-electron chi connectivity index (χ2n) is 8.04. The first-order valence-corrected chi connectivity index (χ1v) is 11.4. The van der Waals surface area contributed by atoms with Gasteiger partial charge in [0.1, 0.15) is 11.5 Å². The van der Waals surface area contributed by atoms with Crippen LogP contribution in [0, 0.1) is 6.92 Å². The molecule has 0 bridgehead atoms. The smallest absolute Gasteiger partial charge is 0.193 e. The molecule has 1 atom stereocenters. The maximum Gasteiger partial charge on any atom is 0.193 e. The summed E-state index contributed by atoms with van der Waals surface area (Å²) in [4.78, 5) is 8.79. The van der Waals surface area contributed by atoms with Gasteiger partial charge in [0.05, 0.1) is 29.8 Å². The van der Waals surface area contributed by atoms with E-state index in [1.807, 2.05) is 24.0 Å². The van der Waals surface area contributed by atoms with Gasteiger partial charge in [-0.1, -0.05) is 0 Å². The molecule has 29 heavy (non-hydrogen) atoms. The molecule has 0 amide bonds. The van der Waals surface area contributed by atoms with E-state index in [0.29, 0.717) is 32.8 Å². The van der Waals surface area contributed by atoms with Crippen LogP contribution < -0.4 is 5.32 Å². The van der Waals surface area contributed by atoms with Crippen LogP contribution in [-0.4, -0.2) is 87.7 Å². The van der Waals surface area contributed by atoms with Crippen molar-refractivity contribution in [1.82, 2.24) is 15.1 Å². The van der Waals surface area contributed by atoms with E-state index in [1.54, 1.807) is 20.9 Å². The number of hydrogen-bond donors (Lipinski definition) is 1. The number of sulfone groups is 1. The molecule has 2 saturated heterocycles. The van der Waals surface area contributed by atoms with Crippen molar-refractivity contribution >= 4 is 39.8 Å². The molecule has 3 heterocycles. The zero-order chi connectivity index (χ0) is 20.4. The largest absolute Gasteiger partial charge is 0.465 e. The molecule has 0 saturated carbocycles. The van der Waals surface area contributed by atoms with Crippen LogP contribution in [0.3, 0.4) is 0 Å². The van der Waals surface area contributed by atoms with E-state index < -0.39 is 14.6 Å². The molecule has 1 unspecified atom stereocenters. The van der Waals surface area contributed by atoms with Crippen LogP contribution in [0.1, 0.15) is 31.4 Å². The van der Waals surface area contributed by atoms with Gasteiger partial charge in [-0.25, -0.2) is 8.42 Å². The predicted octanol–water partition coefficient (Wildman–Crippen LogP) is 1.66. The number of hydrogen-bond acceptors (Lipinski definition) is 6. The summed E-state index contributed by atoms with van der Waals surface area (Å²) in [5.74, 6) is 2.68. The summed E-state index contributed by atoms with van der Waals surface area (Å²) in [6.07, 6.45) is 0. The number of halogens is 1. The number of rotatable bonds is 4. The number of nitrogens with one attached hydrogen (secondary N) is 1. The van der Waals surface area contributed by atoms with Crippen LogP contribution in [-0.2, 0) is 14.6 Å². The van der Waals surface area contributed by atoms with Crippen LogP contribution >= 0.6 is 24.0 Å². The summed E-state index contributed by atoms with van der Waals surface area (Å²) in [5, 5.41) is 3.45.